The quantitative estimate of drug-likeness (QED) is 0.155. The lowest BCUT2D eigenvalue weighted by atomic mass is 10.2. The van der Waals surface area contributed by atoms with Gasteiger partial charge >= 0.3 is 11.8 Å². The summed E-state index contributed by atoms with van der Waals surface area (Å²) in [6.45, 7) is 4.28. The van der Waals surface area contributed by atoms with Gasteiger partial charge in [-0.3, -0.25) is 14.4 Å². The van der Waals surface area contributed by atoms with Gasteiger partial charge in [-0.25, -0.2) is 5.43 Å². The highest BCUT2D eigenvalue weighted by Gasteiger charge is 2.13. The molecule has 0 aliphatic heterocycles. The van der Waals surface area contributed by atoms with E-state index in [1.807, 2.05) is 26.0 Å². The Kier molecular flexibility index (Phi) is 10.9. The Hall–Kier alpha value is -3.70. The van der Waals surface area contributed by atoms with Crippen molar-refractivity contribution in [2.45, 2.75) is 20.3 Å². The van der Waals surface area contributed by atoms with Crippen LogP contribution in [0, 0.1) is 6.92 Å². The van der Waals surface area contributed by atoms with E-state index in [1.54, 1.807) is 48.5 Å². The van der Waals surface area contributed by atoms with Crippen LogP contribution in [-0.2, 0) is 14.4 Å². The molecule has 3 N–H and O–H groups in total. The summed E-state index contributed by atoms with van der Waals surface area (Å²) in [5.74, 6) is -1.13. The molecule has 0 bridgehead atoms. The molecule has 0 fully saturated rings. The minimum Gasteiger partial charge on any atom is -0.494 e. The number of hydrogen-bond donors (Lipinski definition) is 3. The van der Waals surface area contributed by atoms with Crippen LogP contribution in [0.2, 0.25) is 0 Å². The van der Waals surface area contributed by atoms with Gasteiger partial charge in [0, 0.05) is 25.9 Å². The number of hydrogen-bond acceptors (Lipinski definition) is 6. The number of nitrogens with zero attached hydrogens (tertiary/aromatic N) is 1. The fourth-order valence-corrected chi connectivity index (χ4v) is 3.69. The minimum atomic E-state index is -0.950. The molecule has 0 unspecified atom stereocenters. The van der Waals surface area contributed by atoms with Crippen molar-refractivity contribution in [2.75, 3.05) is 23.8 Å². The second-order valence-electron chi connectivity index (χ2n) is 8.01. The Morgan fingerprint density at radius 2 is 1.63 bits per heavy atom. The van der Waals surface area contributed by atoms with Crippen molar-refractivity contribution in [2.24, 2.45) is 5.10 Å². The molecule has 3 aromatic carbocycles. The molecule has 0 saturated carbocycles. The van der Waals surface area contributed by atoms with Crippen LogP contribution < -0.4 is 25.5 Å². The van der Waals surface area contributed by atoms with Gasteiger partial charge in [-0.05, 0) is 79.6 Å². The first-order chi connectivity index (χ1) is 18.2. The van der Waals surface area contributed by atoms with Gasteiger partial charge in [0.25, 0.3) is 5.91 Å². The van der Waals surface area contributed by atoms with Crippen LogP contribution in [0.15, 0.2) is 74.7 Å². The molecule has 0 spiro atoms. The molecule has 0 aliphatic carbocycles. The number of rotatable bonds is 10. The summed E-state index contributed by atoms with van der Waals surface area (Å²) >= 11 is 6.80. The van der Waals surface area contributed by atoms with Gasteiger partial charge in [-0.1, -0.05) is 38.8 Å². The first kappa shape index (κ1) is 28.9. The summed E-state index contributed by atoms with van der Waals surface area (Å²) in [5.41, 5.74) is 4.75. The molecule has 0 aliphatic rings. The molecule has 38 heavy (non-hydrogen) atoms. The van der Waals surface area contributed by atoms with E-state index in [0.29, 0.717) is 35.0 Å². The van der Waals surface area contributed by atoms with E-state index in [9.17, 15) is 14.4 Å². The number of halogens is 2. The van der Waals surface area contributed by atoms with E-state index in [2.05, 4.69) is 53.0 Å². The molecule has 0 radical (unpaired) electrons. The Balaban J connectivity index is 1.54. The summed E-state index contributed by atoms with van der Waals surface area (Å²) in [5, 5.41) is 9.13. The highest BCUT2D eigenvalue weighted by molar-refractivity contribution is 9.10. The van der Waals surface area contributed by atoms with Crippen molar-refractivity contribution in [1.82, 2.24) is 5.43 Å². The second kappa shape index (κ2) is 14.3. The molecule has 3 amide bonds. The van der Waals surface area contributed by atoms with E-state index in [-0.39, 0.29) is 12.5 Å². The molecule has 198 valence electrons. The van der Waals surface area contributed by atoms with Crippen LogP contribution in [0.4, 0.5) is 11.4 Å². The van der Waals surface area contributed by atoms with Crippen molar-refractivity contribution in [3.63, 3.8) is 0 Å². The summed E-state index contributed by atoms with van der Waals surface area (Å²) < 4.78 is 12.8. The van der Waals surface area contributed by atoms with Crippen molar-refractivity contribution >= 4 is 67.2 Å². The average Bonchev–Trinajstić information content (AvgIpc) is 2.89. The second-order valence-corrected chi connectivity index (χ2v) is 9.78. The summed E-state index contributed by atoms with van der Waals surface area (Å²) in [6, 6.07) is 17.3. The highest BCUT2D eigenvalue weighted by atomic mass is 79.9. The number of ether oxygens (including phenoxy) is 2. The van der Waals surface area contributed by atoms with Crippen LogP contribution in [-0.4, -0.2) is 37.1 Å². The zero-order valence-electron chi connectivity index (χ0n) is 20.7. The number of hydrazone groups is 1. The number of carbonyl (C=O) groups is 3. The molecule has 0 aromatic heterocycles. The molecule has 3 rings (SSSR count). The molecular formula is C27H26Br2N4O5. The van der Waals surface area contributed by atoms with Crippen molar-refractivity contribution in [3.05, 3.63) is 80.7 Å². The van der Waals surface area contributed by atoms with Gasteiger partial charge in [0.05, 0.1) is 12.8 Å². The average molecular weight is 646 g/mol. The number of amides is 3. The van der Waals surface area contributed by atoms with Gasteiger partial charge in [0.15, 0.2) is 6.61 Å². The first-order valence-electron chi connectivity index (χ1n) is 11.6. The molecular weight excluding hydrogens is 620 g/mol. The highest BCUT2D eigenvalue weighted by Crippen LogP contribution is 2.23. The van der Waals surface area contributed by atoms with Crippen LogP contribution >= 0.6 is 31.9 Å². The molecule has 0 atom stereocenters. The Bertz CT molecular complexity index is 1330. The smallest absolute Gasteiger partial charge is 0.329 e. The summed E-state index contributed by atoms with van der Waals surface area (Å²) in [7, 11) is 0. The van der Waals surface area contributed by atoms with Gasteiger partial charge in [0.1, 0.15) is 11.5 Å². The third-order valence-corrected chi connectivity index (χ3v) is 6.32. The SMILES string of the molecule is CCCOc1ccc(NC(=O)C(=O)N/N=C\c2cc(Br)ccc2OCC(=O)Nc2ccc(Br)c(C)c2)cc1. The predicted octanol–water partition coefficient (Wildman–Crippen LogP) is 5.42. The molecule has 11 heteroatoms. The topological polar surface area (TPSA) is 118 Å². The Morgan fingerprint density at radius 1 is 0.895 bits per heavy atom. The van der Waals surface area contributed by atoms with E-state index >= 15 is 0 Å². The zero-order chi connectivity index (χ0) is 27.5. The van der Waals surface area contributed by atoms with Crippen LogP contribution in [0.5, 0.6) is 11.5 Å². The fraction of sp³-hybridized carbons (Fsp3) is 0.185. The first-order valence-corrected chi connectivity index (χ1v) is 13.2. The third-order valence-electron chi connectivity index (χ3n) is 4.93. The standard InChI is InChI=1S/C27H26Br2N4O5/c1-3-12-37-22-8-5-20(6-9-22)32-26(35)27(36)33-30-15-18-14-19(28)4-11-24(18)38-16-25(34)31-21-7-10-23(29)17(2)13-21/h4-11,13-15H,3,12,16H2,1-2H3,(H,31,34)(H,32,35)(H,33,36)/b30-15-. The van der Waals surface area contributed by atoms with Crippen molar-refractivity contribution < 1.29 is 23.9 Å². The maximum atomic E-state index is 12.4. The maximum Gasteiger partial charge on any atom is 0.329 e. The number of nitrogens with one attached hydrogen (secondary N) is 3. The lowest BCUT2D eigenvalue weighted by Gasteiger charge is -2.11. The van der Waals surface area contributed by atoms with Crippen LogP contribution in [0.3, 0.4) is 0 Å². The maximum absolute atomic E-state index is 12.4. The van der Waals surface area contributed by atoms with Gasteiger partial charge < -0.3 is 20.1 Å². The predicted molar refractivity (Wildman–Crippen MR) is 154 cm³/mol. The van der Waals surface area contributed by atoms with E-state index in [0.717, 1.165) is 20.9 Å². The number of aryl methyl sites for hydroxylation is 1. The van der Waals surface area contributed by atoms with Gasteiger partial charge in [-0.15, -0.1) is 0 Å². The lowest BCUT2D eigenvalue weighted by Crippen LogP contribution is -2.32. The lowest BCUT2D eigenvalue weighted by molar-refractivity contribution is -0.136. The monoisotopic (exact) mass is 644 g/mol. The third kappa shape index (κ3) is 9.00. The van der Waals surface area contributed by atoms with Gasteiger partial charge in [-0.2, -0.15) is 5.10 Å². The van der Waals surface area contributed by atoms with E-state index in [1.165, 1.54) is 6.21 Å². The van der Waals surface area contributed by atoms with Crippen LogP contribution in [0.1, 0.15) is 24.5 Å². The Labute approximate surface area is 237 Å². The number of benzene rings is 3. The minimum absolute atomic E-state index is 0.241. The normalized spacial score (nSPS) is 10.6. The summed E-state index contributed by atoms with van der Waals surface area (Å²) in [4.78, 5) is 36.7. The van der Waals surface area contributed by atoms with Gasteiger partial charge in [0.2, 0.25) is 0 Å². The van der Waals surface area contributed by atoms with E-state index in [4.69, 9.17) is 9.47 Å². The molecule has 0 saturated heterocycles. The summed E-state index contributed by atoms with van der Waals surface area (Å²) in [6.07, 6.45) is 2.20. The Morgan fingerprint density at radius 3 is 2.34 bits per heavy atom. The van der Waals surface area contributed by atoms with Crippen molar-refractivity contribution in [1.29, 1.82) is 0 Å². The number of carbonyl (C=O) groups excluding carboxylic acids is 3. The fourth-order valence-electron chi connectivity index (χ4n) is 3.07. The molecule has 9 nitrogen and oxygen atoms in total. The molecule has 3 aromatic rings. The van der Waals surface area contributed by atoms with Crippen molar-refractivity contribution in [3.8, 4) is 11.5 Å². The largest absolute Gasteiger partial charge is 0.494 e. The zero-order valence-corrected chi connectivity index (χ0v) is 23.9. The molecule has 0 heterocycles. The number of anilines is 2. The van der Waals surface area contributed by atoms with Crippen LogP contribution in [0.25, 0.3) is 0 Å². The van der Waals surface area contributed by atoms with E-state index < -0.39 is 11.8 Å².